The lowest BCUT2D eigenvalue weighted by molar-refractivity contribution is 0.164. The Kier molecular flexibility index (Phi) is 3.67. The third-order valence-electron chi connectivity index (χ3n) is 2.76. The van der Waals surface area contributed by atoms with Crippen LogP contribution in [0.2, 0.25) is 0 Å². The summed E-state index contributed by atoms with van der Waals surface area (Å²) in [5.74, 6) is 0. The summed E-state index contributed by atoms with van der Waals surface area (Å²) in [7, 11) is 0. The average molecular weight is 194 g/mol. The molecule has 0 aromatic heterocycles. The molecule has 2 nitrogen and oxygen atoms in total. The molecular formula is C12H18O2. The van der Waals surface area contributed by atoms with Gasteiger partial charge in [0.05, 0.1) is 6.61 Å². The Morgan fingerprint density at radius 1 is 1.14 bits per heavy atom. The zero-order valence-electron chi connectivity index (χ0n) is 8.83. The van der Waals surface area contributed by atoms with Gasteiger partial charge < -0.3 is 10.2 Å². The predicted molar refractivity (Wildman–Crippen MR) is 57.3 cm³/mol. The number of hydrogen-bond acceptors (Lipinski definition) is 2. The largest absolute Gasteiger partial charge is 0.396 e. The van der Waals surface area contributed by atoms with Gasteiger partial charge in [0.1, 0.15) is 0 Å². The second-order valence-electron chi connectivity index (χ2n) is 4.06. The first-order valence-electron chi connectivity index (χ1n) is 4.91. The molecule has 0 aliphatic rings. The molecule has 0 amide bonds. The van der Waals surface area contributed by atoms with Crippen molar-refractivity contribution in [3.8, 4) is 0 Å². The van der Waals surface area contributed by atoms with Gasteiger partial charge in [-0.15, -0.1) is 0 Å². The van der Waals surface area contributed by atoms with E-state index in [-0.39, 0.29) is 18.6 Å². The summed E-state index contributed by atoms with van der Waals surface area (Å²) in [6.07, 6.45) is 0.590. The highest BCUT2D eigenvalue weighted by molar-refractivity contribution is 5.28. The molecule has 1 aromatic carbocycles. The zero-order chi connectivity index (χ0) is 10.6. The van der Waals surface area contributed by atoms with Crippen LogP contribution in [0.4, 0.5) is 0 Å². The van der Waals surface area contributed by atoms with Crippen LogP contribution in [-0.2, 0) is 5.41 Å². The van der Waals surface area contributed by atoms with Gasteiger partial charge in [0.15, 0.2) is 0 Å². The van der Waals surface area contributed by atoms with Crippen molar-refractivity contribution in [2.45, 2.75) is 25.7 Å². The van der Waals surface area contributed by atoms with Crippen LogP contribution in [0.1, 0.15) is 24.5 Å². The quantitative estimate of drug-likeness (QED) is 0.764. The smallest absolute Gasteiger partial charge is 0.0526 e. The highest BCUT2D eigenvalue weighted by Crippen LogP contribution is 2.26. The number of benzene rings is 1. The fraction of sp³-hybridized carbons (Fsp3) is 0.500. The summed E-state index contributed by atoms with van der Waals surface area (Å²) in [6, 6.07) is 8.09. The van der Waals surface area contributed by atoms with Crippen LogP contribution in [0.25, 0.3) is 0 Å². The molecule has 0 heterocycles. The minimum absolute atomic E-state index is 0.0661. The molecule has 0 saturated heterocycles. The average Bonchev–Trinajstić information content (AvgIpc) is 2.19. The lowest BCUT2D eigenvalue weighted by Crippen LogP contribution is -2.27. The number of aliphatic hydroxyl groups excluding tert-OH is 2. The SMILES string of the molecule is Cc1ccc([C@](C)(CO)CCO)cc1. The van der Waals surface area contributed by atoms with Gasteiger partial charge in [0.25, 0.3) is 0 Å². The Morgan fingerprint density at radius 3 is 2.14 bits per heavy atom. The summed E-state index contributed by atoms with van der Waals surface area (Å²) in [5.41, 5.74) is 1.97. The molecule has 0 radical (unpaired) electrons. The topological polar surface area (TPSA) is 40.5 Å². The van der Waals surface area contributed by atoms with E-state index in [0.717, 1.165) is 5.56 Å². The molecule has 2 N–H and O–H groups in total. The van der Waals surface area contributed by atoms with Gasteiger partial charge in [-0.1, -0.05) is 36.8 Å². The fourth-order valence-electron chi connectivity index (χ4n) is 1.52. The summed E-state index contributed by atoms with van der Waals surface area (Å²) >= 11 is 0. The van der Waals surface area contributed by atoms with Gasteiger partial charge in [0, 0.05) is 12.0 Å². The van der Waals surface area contributed by atoms with Gasteiger partial charge in [-0.3, -0.25) is 0 Å². The van der Waals surface area contributed by atoms with Gasteiger partial charge in [0.2, 0.25) is 0 Å². The predicted octanol–water partition coefficient (Wildman–Crippen LogP) is 1.63. The zero-order valence-corrected chi connectivity index (χ0v) is 8.83. The monoisotopic (exact) mass is 194 g/mol. The standard InChI is InChI=1S/C12H18O2/c1-10-3-5-11(6-4-10)12(2,9-14)7-8-13/h3-6,13-14H,7-9H2,1-2H3/t12-/m0/s1. The molecule has 0 spiro atoms. The number of rotatable bonds is 4. The summed E-state index contributed by atoms with van der Waals surface area (Å²) < 4.78 is 0. The minimum atomic E-state index is -0.317. The van der Waals surface area contributed by atoms with E-state index in [2.05, 4.69) is 0 Å². The van der Waals surface area contributed by atoms with Crippen LogP contribution in [0.3, 0.4) is 0 Å². The first-order valence-corrected chi connectivity index (χ1v) is 4.91. The minimum Gasteiger partial charge on any atom is -0.396 e. The van der Waals surface area contributed by atoms with Crippen LogP contribution >= 0.6 is 0 Å². The molecule has 1 rings (SSSR count). The van der Waals surface area contributed by atoms with E-state index in [0.29, 0.717) is 6.42 Å². The number of aliphatic hydroxyl groups is 2. The van der Waals surface area contributed by atoms with Gasteiger partial charge in [-0.2, -0.15) is 0 Å². The molecule has 0 aliphatic heterocycles. The Labute approximate surface area is 85.2 Å². The highest BCUT2D eigenvalue weighted by Gasteiger charge is 2.24. The summed E-state index contributed by atoms with van der Waals surface area (Å²) in [4.78, 5) is 0. The number of hydrogen-bond donors (Lipinski definition) is 2. The Balaban J connectivity index is 2.94. The maximum Gasteiger partial charge on any atom is 0.0526 e. The lowest BCUT2D eigenvalue weighted by Gasteiger charge is -2.27. The first-order chi connectivity index (χ1) is 6.62. The van der Waals surface area contributed by atoms with E-state index in [4.69, 9.17) is 5.11 Å². The summed E-state index contributed by atoms with van der Waals surface area (Å²) in [5, 5.41) is 18.3. The fourth-order valence-corrected chi connectivity index (χ4v) is 1.52. The lowest BCUT2D eigenvalue weighted by atomic mass is 9.80. The van der Waals surface area contributed by atoms with Crippen molar-refractivity contribution < 1.29 is 10.2 Å². The molecule has 1 atom stereocenters. The van der Waals surface area contributed by atoms with Crippen molar-refractivity contribution in [2.75, 3.05) is 13.2 Å². The van der Waals surface area contributed by atoms with Gasteiger partial charge in [-0.05, 0) is 18.9 Å². The molecule has 0 saturated carbocycles. The second-order valence-corrected chi connectivity index (χ2v) is 4.06. The molecule has 0 aliphatic carbocycles. The maximum absolute atomic E-state index is 9.33. The molecule has 0 bridgehead atoms. The Bertz CT molecular complexity index is 279. The molecular weight excluding hydrogens is 176 g/mol. The van der Waals surface area contributed by atoms with Crippen molar-refractivity contribution in [1.82, 2.24) is 0 Å². The van der Waals surface area contributed by atoms with Crippen LogP contribution in [0.15, 0.2) is 24.3 Å². The summed E-state index contributed by atoms with van der Waals surface area (Å²) in [6.45, 7) is 4.17. The van der Waals surface area contributed by atoms with Crippen LogP contribution in [0.5, 0.6) is 0 Å². The third-order valence-corrected chi connectivity index (χ3v) is 2.76. The van der Waals surface area contributed by atoms with E-state index in [1.54, 1.807) is 0 Å². The highest BCUT2D eigenvalue weighted by atomic mass is 16.3. The van der Waals surface area contributed by atoms with Crippen molar-refractivity contribution in [1.29, 1.82) is 0 Å². The Morgan fingerprint density at radius 2 is 1.71 bits per heavy atom. The third kappa shape index (κ3) is 2.34. The normalized spacial score (nSPS) is 15.1. The van der Waals surface area contributed by atoms with Gasteiger partial charge in [-0.25, -0.2) is 0 Å². The molecule has 0 fully saturated rings. The van der Waals surface area contributed by atoms with Crippen molar-refractivity contribution in [2.24, 2.45) is 0 Å². The van der Waals surface area contributed by atoms with Gasteiger partial charge >= 0.3 is 0 Å². The van der Waals surface area contributed by atoms with Crippen molar-refractivity contribution >= 4 is 0 Å². The van der Waals surface area contributed by atoms with Crippen LogP contribution in [0, 0.1) is 6.92 Å². The molecule has 1 aromatic rings. The van der Waals surface area contributed by atoms with Crippen LogP contribution < -0.4 is 0 Å². The first kappa shape index (κ1) is 11.2. The van der Waals surface area contributed by atoms with E-state index >= 15 is 0 Å². The van der Waals surface area contributed by atoms with Crippen molar-refractivity contribution in [3.63, 3.8) is 0 Å². The van der Waals surface area contributed by atoms with E-state index in [1.165, 1.54) is 5.56 Å². The van der Waals surface area contributed by atoms with E-state index in [9.17, 15) is 5.11 Å². The molecule has 0 unspecified atom stereocenters. The van der Waals surface area contributed by atoms with E-state index in [1.807, 2.05) is 38.1 Å². The molecule has 2 heteroatoms. The maximum atomic E-state index is 9.33. The number of aryl methyl sites for hydroxylation is 1. The Hall–Kier alpha value is -0.860. The second kappa shape index (κ2) is 4.58. The molecule has 14 heavy (non-hydrogen) atoms. The molecule has 78 valence electrons. The van der Waals surface area contributed by atoms with E-state index < -0.39 is 0 Å². The van der Waals surface area contributed by atoms with Crippen LogP contribution in [-0.4, -0.2) is 23.4 Å². The van der Waals surface area contributed by atoms with Crippen molar-refractivity contribution in [3.05, 3.63) is 35.4 Å².